The maximum Gasteiger partial charge on any atom is 0.306 e. The van der Waals surface area contributed by atoms with E-state index in [1.807, 2.05) is 0 Å². The molecule has 130 valence electrons. The molecule has 0 aromatic heterocycles. The van der Waals surface area contributed by atoms with E-state index in [9.17, 15) is 4.79 Å². The van der Waals surface area contributed by atoms with Gasteiger partial charge in [-0.25, -0.2) is 0 Å². The Labute approximate surface area is 135 Å². The molecule has 1 fully saturated rings. The van der Waals surface area contributed by atoms with Crippen LogP contribution in [0.25, 0.3) is 0 Å². The zero-order chi connectivity index (χ0) is 16.0. The summed E-state index contributed by atoms with van der Waals surface area (Å²) < 4.78 is 5.87. The molecule has 0 aliphatic heterocycles. The van der Waals surface area contributed by atoms with Crippen molar-refractivity contribution in [1.82, 2.24) is 0 Å². The first-order valence-electron chi connectivity index (χ1n) is 9.19. The lowest BCUT2D eigenvalue weighted by atomic mass is 9.87. The van der Waals surface area contributed by atoms with Gasteiger partial charge in [-0.3, -0.25) is 4.79 Å². The summed E-state index contributed by atoms with van der Waals surface area (Å²) in [6, 6.07) is 0. The third-order valence-electron chi connectivity index (χ3n) is 4.68. The van der Waals surface area contributed by atoms with Crippen molar-refractivity contribution in [3.05, 3.63) is 0 Å². The number of aliphatic hydroxyl groups excluding tert-OH is 1. The number of carbonyl (C=O) groups is 1. The van der Waals surface area contributed by atoms with Gasteiger partial charge in [0.1, 0.15) is 0 Å². The minimum absolute atomic E-state index is 0.141. The summed E-state index contributed by atoms with van der Waals surface area (Å²) in [4.78, 5) is 10.9. The van der Waals surface area contributed by atoms with Crippen LogP contribution in [0.2, 0.25) is 0 Å². The van der Waals surface area contributed by atoms with Crippen molar-refractivity contribution in [1.29, 1.82) is 0 Å². The van der Waals surface area contributed by atoms with Crippen LogP contribution in [0, 0.1) is 5.92 Å². The molecule has 0 radical (unpaired) electrons. The molecule has 0 atom stereocenters. The Morgan fingerprint density at radius 1 is 0.818 bits per heavy atom. The highest BCUT2D eigenvalue weighted by molar-refractivity contribution is 5.70. The second kappa shape index (κ2) is 12.9. The fourth-order valence-corrected chi connectivity index (χ4v) is 3.18. The van der Waals surface area contributed by atoms with Crippen LogP contribution in [0.3, 0.4) is 0 Å². The van der Waals surface area contributed by atoms with E-state index < -0.39 is 5.97 Å². The smallest absolute Gasteiger partial charge is 0.306 e. The van der Waals surface area contributed by atoms with Crippen LogP contribution in [0.5, 0.6) is 0 Å². The molecule has 1 aliphatic rings. The molecule has 0 aromatic carbocycles. The van der Waals surface area contributed by atoms with E-state index in [-0.39, 0.29) is 5.92 Å². The van der Waals surface area contributed by atoms with E-state index in [2.05, 4.69) is 0 Å². The molecule has 1 rings (SSSR count). The Kier molecular flexibility index (Phi) is 11.4. The molecule has 0 bridgehead atoms. The van der Waals surface area contributed by atoms with E-state index in [4.69, 9.17) is 14.9 Å². The first-order valence-corrected chi connectivity index (χ1v) is 9.19. The molecule has 22 heavy (non-hydrogen) atoms. The minimum atomic E-state index is -0.644. The third kappa shape index (κ3) is 9.42. The van der Waals surface area contributed by atoms with Crippen LogP contribution in [0.15, 0.2) is 0 Å². The SMILES string of the molecule is O=C(O)C1CCC(OCCCCCCCCCCCO)CC1. The summed E-state index contributed by atoms with van der Waals surface area (Å²) in [6.07, 6.45) is 14.6. The highest BCUT2D eigenvalue weighted by Crippen LogP contribution is 2.26. The van der Waals surface area contributed by atoms with Gasteiger partial charge in [-0.15, -0.1) is 0 Å². The van der Waals surface area contributed by atoms with Gasteiger partial charge >= 0.3 is 5.97 Å². The van der Waals surface area contributed by atoms with Crippen LogP contribution in [0.4, 0.5) is 0 Å². The van der Waals surface area contributed by atoms with Crippen molar-refractivity contribution in [2.75, 3.05) is 13.2 Å². The molecular weight excluding hydrogens is 280 g/mol. The maximum atomic E-state index is 10.9. The summed E-state index contributed by atoms with van der Waals surface area (Å²) in [6.45, 7) is 1.16. The second-order valence-electron chi connectivity index (χ2n) is 6.59. The first-order chi connectivity index (χ1) is 10.7. The zero-order valence-electron chi connectivity index (χ0n) is 14.0. The van der Waals surface area contributed by atoms with Gasteiger partial charge < -0.3 is 14.9 Å². The predicted molar refractivity (Wildman–Crippen MR) is 88.0 cm³/mol. The monoisotopic (exact) mass is 314 g/mol. The second-order valence-corrected chi connectivity index (χ2v) is 6.59. The summed E-state index contributed by atoms with van der Waals surface area (Å²) in [7, 11) is 0. The maximum absolute atomic E-state index is 10.9. The van der Waals surface area contributed by atoms with Gasteiger partial charge in [-0.05, 0) is 38.5 Å². The molecule has 4 heteroatoms. The molecule has 0 unspecified atom stereocenters. The molecule has 1 saturated carbocycles. The van der Waals surface area contributed by atoms with E-state index in [1.165, 1.54) is 38.5 Å². The molecule has 0 spiro atoms. The standard InChI is InChI=1S/C18H34O4/c19-14-8-6-4-2-1-3-5-7-9-15-22-17-12-10-16(11-13-17)18(20)21/h16-17,19H,1-15H2,(H,20,21). The van der Waals surface area contributed by atoms with Gasteiger partial charge in [-0.1, -0.05) is 44.9 Å². The number of hydrogen-bond donors (Lipinski definition) is 2. The van der Waals surface area contributed by atoms with Crippen LogP contribution in [-0.4, -0.2) is 35.5 Å². The summed E-state index contributed by atoms with van der Waals surface area (Å²) >= 11 is 0. The van der Waals surface area contributed by atoms with Gasteiger partial charge in [-0.2, -0.15) is 0 Å². The van der Waals surface area contributed by atoms with Gasteiger partial charge in [0.15, 0.2) is 0 Å². The number of carboxylic acid groups (broad SMARTS) is 1. The first kappa shape index (κ1) is 19.4. The largest absolute Gasteiger partial charge is 0.481 e. The fraction of sp³-hybridized carbons (Fsp3) is 0.944. The topological polar surface area (TPSA) is 66.8 Å². The Morgan fingerprint density at radius 2 is 1.32 bits per heavy atom. The van der Waals surface area contributed by atoms with Crippen molar-refractivity contribution in [2.45, 2.75) is 89.6 Å². The van der Waals surface area contributed by atoms with Gasteiger partial charge in [0.2, 0.25) is 0 Å². The fourth-order valence-electron chi connectivity index (χ4n) is 3.18. The molecular formula is C18H34O4. The summed E-state index contributed by atoms with van der Waals surface area (Å²) in [5, 5.41) is 17.6. The number of rotatable bonds is 13. The number of ether oxygens (including phenoxy) is 1. The number of unbranched alkanes of at least 4 members (excludes halogenated alkanes) is 8. The van der Waals surface area contributed by atoms with Crippen LogP contribution < -0.4 is 0 Å². The normalized spacial score (nSPS) is 21.9. The molecule has 1 aliphatic carbocycles. The Balaban J connectivity index is 1.81. The molecule has 0 aromatic rings. The van der Waals surface area contributed by atoms with E-state index in [0.717, 1.165) is 51.6 Å². The van der Waals surface area contributed by atoms with Crippen molar-refractivity contribution in [3.8, 4) is 0 Å². The lowest BCUT2D eigenvalue weighted by Gasteiger charge is -2.26. The Morgan fingerprint density at radius 3 is 1.82 bits per heavy atom. The third-order valence-corrected chi connectivity index (χ3v) is 4.68. The van der Waals surface area contributed by atoms with Gasteiger partial charge in [0.05, 0.1) is 12.0 Å². The molecule has 0 saturated heterocycles. The highest BCUT2D eigenvalue weighted by Gasteiger charge is 2.25. The molecule has 0 amide bonds. The number of aliphatic carboxylic acids is 1. The van der Waals surface area contributed by atoms with Crippen LogP contribution >= 0.6 is 0 Å². The number of carboxylic acids is 1. The van der Waals surface area contributed by atoms with Crippen molar-refractivity contribution < 1.29 is 19.7 Å². The van der Waals surface area contributed by atoms with Crippen molar-refractivity contribution >= 4 is 5.97 Å². The van der Waals surface area contributed by atoms with Gasteiger partial charge in [0.25, 0.3) is 0 Å². The van der Waals surface area contributed by atoms with E-state index in [1.54, 1.807) is 0 Å². The average molecular weight is 314 g/mol. The lowest BCUT2D eigenvalue weighted by Crippen LogP contribution is -2.26. The minimum Gasteiger partial charge on any atom is -0.481 e. The molecule has 4 nitrogen and oxygen atoms in total. The number of hydrogen-bond acceptors (Lipinski definition) is 3. The van der Waals surface area contributed by atoms with Crippen molar-refractivity contribution in [2.24, 2.45) is 5.92 Å². The van der Waals surface area contributed by atoms with Crippen LogP contribution in [-0.2, 0) is 9.53 Å². The summed E-state index contributed by atoms with van der Waals surface area (Å²) in [5.41, 5.74) is 0. The zero-order valence-corrected chi connectivity index (χ0v) is 14.0. The average Bonchev–Trinajstić information content (AvgIpc) is 2.53. The van der Waals surface area contributed by atoms with E-state index in [0.29, 0.717) is 12.7 Å². The van der Waals surface area contributed by atoms with Crippen LogP contribution in [0.1, 0.15) is 83.5 Å². The summed E-state index contributed by atoms with van der Waals surface area (Å²) in [5.74, 6) is -0.785. The molecule has 0 heterocycles. The highest BCUT2D eigenvalue weighted by atomic mass is 16.5. The quantitative estimate of drug-likeness (QED) is 0.501. The lowest BCUT2D eigenvalue weighted by molar-refractivity contribution is -0.143. The van der Waals surface area contributed by atoms with Crippen molar-refractivity contribution in [3.63, 3.8) is 0 Å². The Bertz CT molecular complexity index is 272. The number of aliphatic hydroxyl groups is 1. The van der Waals surface area contributed by atoms with E-state index >= 15 is 0 Å². The van der Waals surface area contributed by atoms with Gasteiger partial charge in [0, 0.05) is 13.2 Å². The predicted octanol–water partition coefficient (Wildman–Crippen LogP) is 4.15. The Hall–Kier alpha value is -0.610. The molecule has 2 N–H and O–H groups in total.